The monoisotopic (exact) mass is 161 g/mol. The van der Waals surface area contributed by atoms with Crippen molar-refractivity contribution in [3.05, 3.63) is 11.9 Å². The van der Waals surface area contributed by atoms with Gasteiger partial charge in [0.2, 0.25) is 0 Å². The molecule has 10 heavy (non-hydrogen) atoms. The topological polar surface area (TPSA) is 31.5 Å². The summed E-state index contributed by atoms with van der Waals surface area (Å²) in [5, 5.41) is 0. The lowest BCUT2D eigenvalue weighted by molar-refractivity contribution is -0.233. The van der Waals surface area contributed by atoms with E-state index < -0.39 is 18.0 Å². The Hall–Kier alpha value is -0.690. The molecular formula is C3F5NO. The van der Waals surface area contributed by atoms with E-state index in [4.69, 9.17) is 5.90 Å². The smallest absolute Gasteiger partial charge is 0.196 e. The van der Waals surface area contributed by atoms with Crippen LogP contribution in [0, 0.1) is 0 Å². The summed E-state index contributed by atoms with van der Waals surface area (Å²) >= 11 is 0. The van der Waals surface area contributed by atoms with Crippen LogP contribution in [0.4, 0.5) is 22.0 Å². The quantitative estimate of drug-likeness (QED) is 0.447. The van der Waals surface area contributed by atoms with Gasteiger partial charge in [0, 0.05) is 5.90 Å². The Morgan fingerprint density at radius 2 is 1.60 bits per heavy atom. The van der Waals surface area contributed by atoms with Crippen molar-refractivity contribution in [3.8, 4) is 0 Å². The van der Waals surface area contributed by atoms with Crippen LogP contribution in [0.15, 0.2) is 11.9 Å². The van der Waals surface area contributed by atoms with Crippen LogP contribution in [0.1, 0.15) is 0 Å². The van der Waals surface area contributed by atoms with Crippen molar-refractivity contribution >= 4 is 0 Å². The molecule has 0 amide bonds. The zero-order valence-electron chi connectivity index (χ0n) is 4.25. The standard InChI is InChI=1S/C3F5NO/c4-1(2(5)6)3(7,8)10-9. The molecule has 7 heteroatoms. The molecule has 0 saturated carbocycles. The van der Waals surface area contributed by atoms with E-state index in [0.717, 1.165) is 0 Å². The molecule has 0 aromatic rings. The largest absolute Gasteiger partial charge is 0.432 e. The highest BCUT2D eigenvalue weighted by Crippen LogP contribution is 2.28. The van der Waals surface area contributed by atoms with E-state index in [-0.39, 0.29) is 0 Å². The van der Waals surface area contributed by atoms with Gasteiger partial charge in [-0.1, -0.05) is 0 Å². The fraction of sp³-hybridized carbons (Fsp3) is 0.333. The minimum atomic E-state index is -4.96. The molecule has 0 aliphatic heterocycles. The maximum Gasteiger partial charge on any atom is 0.432 e. The predicted octanol–water partition coefficient (Wildman–Crippen LogP) is 1.66. The van der Waals surface area contributed by atoms with E-state index in [0.29, 0.717) is 0 Å². The number of rotatable bonds is 2. The Balaban J connectivity index is 4.49. The minimum Gasteiger partial charge on any atom is -0.196 e. The molecule has 0 aromatic heterocycles. The lowest BCUT2D eigenvalue weighted by Gasteiger charge is -2.05. The van der Waals surface area contributed by atoms with Crippen LogP contribution in [0.2, 0.25) is 0 Å². The molecule has 0 heterocycles. The van der Waals surface area contributed by atoms with E-state index in [1.54, 1.807) is 0 Å². The zero-order chi connectivity index (χ0) is 8.36. The van der Waals surface area contributed by atoms with Gasteiger partial charge >= 0.3 is 12.2 Å². The van der Waals surface area contributed by atoms with Gasteiger partial charge in [-0.25, -0.2) is 0 Å². The van der Waals surface area contributed by atoms with E-state index in [9.17, 15) is 22.0 Å². The molecule has 0 atom stereocenters. The van der Waals surface area contributed by atoms with Gasteiger partial charge in [-0.2, -0.15) is 26.8 Å². The second kappa shape index (κ2) is 2.93. The van der Waals surface area contributed by atoms with Crippen LogP contribution in [-0.4, -0.2) is 6.11 Å². The van der Waals surface area contributed by atoms with Crippen LogP contribution >= 0.6 is 0 Å². The maximum absolute atomic E-state index is 11.4. The van der Waals surface area contributed by atoms with E-state index in [1.807, 2.05) is 0 Å². The minimum absolute atomic E-state index is 2.11. The first-order valence-electron chi connectivity index (χ1n) is 1.83. The third-order valence-electron chi connectivity index (χ3n) is 0.536. The van der Waals surface area contributed by atoms with Crippen molar-refractivity contribution < 1.29 is 26.8 Å². The molecule has 2 radical (unpaired) electrons. The Morgan fingerprint density at radius 1 is 1.20 bits per heavy atom. The molecule has 0 aliphatic rings. The summed E-state index contributed by atoms with van der Waals surface area (Å²) in [6.07, 6.45) is -8.20. The van der Waals surface area contributed by atoms with E-state index in [2.05, 4.69) is 4.84 Å². The first-order valence-corrected chi connectivity index (χ1v) is 1.83. The molecule has 0 unspecified atom stereocenters. The van der Waals surface area contributed by atoms with E-state index >= 15 is 0 Å². The summed E-state index contributed by atoms with van der Waals surface area (Å²) in [7, 11) is 0. The van der Waals surface area contributed by atoms with Gasteiger partial charge in [0.1, 0.15) is 0 Å². The first-order chi connectivity index (χ1) is 4.41. The van der Waals surface area contributed by atoms with Crippen molar-refractivity contribution in [2.24, 2.45) is 0 Å². The van der Waals surface area contributed by atoms with Gasteiger partial charge in [-0.3, -0.25) is 0 Å². The summed E-state index contributed by atoms with van der Waals surface area (Å²) in [4.78, 5) is 2.11. The number of hydrogen-bond donors (Lipinski definition) is 0. The molecule has 0 aliphatic carbocycles. The average Bonchev–Trinajstić information content (AvgIpc) is 1.86. The van der Waals surface area contributed by atoms with Gasteiger partial charge in [-0.15, -0.1) is 0 Å². The lowest BCUT2D eigenvalue weighted by Crippen LogP contribution is -2.21. The molecular weight excluding hydrogens is 161 g/mol. The fourth-order valence-electron chi connectivity index (χ4n) is 0.150. The van der Waals surface area contributed by atoms with Crippen molar-refractivity contribution in [1.82, 2.24) is 5.90 Å². The average molecular weight is 161 g/mol. The Morgan fingerprint density at radius 3 is 1.70 bits per heavy atom. The van der Waals surface area contributed by atoms with Crippen LogP contribution in [0.25, 0.3) is 0 Å². The lowest BCUT2D eigenvalue weighted by atomic mass is 10.5. The van der Waals surface area contributed by atoms with E-state index in [1.165, 1.54) is 0 Å². The molecule has 0 bridgehead atoms. The van der Waals surface area contributed by atoms with Gasteiger partial charge in [0.05, 0.1) is 0 Å². The van der Waals surface area contributed by atoms with Crippen molar-refractivity contribution in [2.45, 2.75) is 6.11 Å². The second-order valence-corrected chi connectivity index (χ2v) is 1.18. The van der Waals surface area contributed by atoms with Gasteiger partial charge in [0.25, 0.3) is 5.83 Å². The van der Waals surface area contributed by atoms with Crippen LogP contribution in [0.3, 0.4) is 0 Å². The summed E-state index contributed by atoms with van der Waals surface area (Å²) in [5.74, 6) is 4.05. The molecule has 0 N–H and O–H groups in total. The Bertz CT molecular complexity index is 151. The Labute approximate surface area is 52.0 Å². The van der Waals surface area contributed by atoms with Crippen LogP contribution < -0.4 is 5.90 Å². The third-order valence-corrected chi connectivity index (χ3v) is 0.536. The summed E-state index contributed by atoms with van der Waals surface area (Å²) in [6.45, 7) is 0. The molecule has 0 aromatic carbocycles. The number of hydrogen-bond acceptors (Lipinski definition) is 1. The van der Waals surface area contributed by atoms with Gasteiger partial charge < -0.3 is 0 Å². The molecule has 0 saturated heterocycles. The third kappa shape index (κ3) is 1.92. The number of nitrogens with zero attached hydrogens (tertiary/aromatic N) is 1. The highest BCUT2D eigenvalue weighted by Gasteiger charge is 2.41. The predicted molar refractivity (Wildman–Crippen MR) is 18.5 cm³/mol. The normalized spacial score (nSPS) is 11.4. The number of alkyl halides is 2. The maximum atomic E-state index is 11.4. The highest BCUT2D eigenvalue weighted by molar-refractivity contribution is 4.99. The van der Waals surface area contributed by atoms with Crippen LogP contribution in [0.5, 0.6) is 0 Å². The van der Waals surface area contributed by atoms with Gasteiger partial charge in [0.15, 0.2) is 0 Å². The van der Waals surface area contributed by atoms with Crippen molar-refractivity contribution in [1.29, 1.82) is 0 Å². The molecule has 0 fully saturated rings. The Kier molecular flexibility index (Phi) is 2.73. The van der Waals surface area contributed by atoms with Crippen LogP contribution in [-0.2, 0) is 4.84 Å². The summed E-state index contributed by atoms with van der Waals surface area (Å²) < 4.78 is 56.1. The first kappa shape index (κ1) is 9.31. The van der Waals surface area contributed by atoms with Gasteiger partial charge in [-0.05, 0) is 0 Å². The molecule has 0 spiro atoms. The fourth-order valence-corrected chi connectivity index (χ4v) is 0.150. The number of halogens is 5. The summed E-state index contributed by atoms with van der Waals surface area (Å²) in [6, 6.07) is 0. The van der Waals surface area contributed by atoms with Crippen molar-refractivity contribution in [2.75, 3.05) is 0 Å². The molecule has 2 nitrogen and oxygen atoms in total. The summed E-state index contributed by atoms with van der Waals surface area (Å²) in [5.41, 5.74) is 0. The van der Waals surface area contributed by atoms with Crippen molar-refractivity contribution in [3.63, 3.8) is 0 Å². The zero-order valence-corrected chi connectivity index (χ0v) is 4.25. The molecule has 0 rings (SSSR count). The highest BCUT2D eigenvalue weighted by atomic mass is 19.3. The molecule has 58 valence electrons. The SMILES string of the molecule is [N]OC(F)(F)C(F)=C(F)F. The second-order valence-electron chi connectivity index (χ2n) is 1.18.